The quantitative estimate of drug-likeness (QED) is 0.416. The number of aryl methyl sites for hydroxylation is 1. The second-order valence-electron chi connectivity index (χ2n) is 10.3. The first-order valence-electron chi connectivity index (χ1n) is 13.9. The molecule has 1 N–H and O–H groups in total. The van der Waals surface area contributed by atoms with Crippen LogP contribution in [0.2, 0.25) is 0 Å². The third-order valence-corrected chi connectivity index (χ3v) is 9.27. The van der Waals surface area contributed by atoms with E-state index >= 15 is 0 Å². The van der Waals surface area contributed by atoms with Crippen LogP contribution in [0.15, 0.2) is 77.7 Å². The predicted octanol–water partition coefficient (Wildman–Crippen LogP) is 3.70. The zero-order valence-electron chi connectivity index (χ0n) is 23.1. The zero-order valence-corrected chi connectivity index (χ0v) is 23.9. The molecule has 2 amide bonds. The Labute approximate surface area is 241 Å². The van der Waals surface area contributed by atoms with Crippen molar-refractivity contribution in [1.29, 1.82) is 0 Å². The van der Waals surface area contributed by atoms with Crippen LogP contribution in [0.25, 0.3) is 0 Å². The van der Waals surface area contributed by atoms with Gasteiger partial charge in [0, 0.05) is 19.6 Å². The Hall–Kier alpha value is -3.89. The van der Waals surface area contributed by atoms with E-state index in [1.54, 1.807) is 43.3 Å². The van der Waals surface area contributed by atoms with Gasteiger partial charge < -0.3 is 19.7 Å². The van der Waals surface area contributed by atoms with Gasteiger partial charge in [-0.15, -0.1) is 0 Å². The van der Waals surface area contributed by atoms with Gasteiger partial charge in [0.15, 0.2) is 12.7 Å². The third-order valence-electron chi connectivity index (χ3n) is 7.37. The first-order valence-corrected chi connectivity index (χ1v) is 15.4. The Balaban J connectivity index is 1.22. The molecule has 1 atom stereocenters. The lowest BCUT2D eigenvalue weighted by Crippen LogP contribution is -2.52. The summed E-state index contributed by atoms with van der Waals surface area (Å²) in [5, 5.41) is 2.91. The van der Waals surface area contributed by atoms with E-state index in [9.17, 15) is 18.0 Å². The fourth-order valence-electron chi connectivity index (χ4n) is 5.11. The molecular weight excluding hydrogens is 542 g/mol. The molecule has 10 heteroatoms. The number of nitrogens with one attached hydrogen (secondary N) is 1. The summed E-state index contributed by atoms with van der Waals surface area (Å²) in [5.41, 5.74) is 2.30. The van der Waals surface area contributed by atoms with Crippen LogP contribution in [0, 0.1) is 6.92 Å². The number of benzene rings is 3. The molecule has 1 fully saturated rings. The van der Waals surface area contributed by atoms with E-state index in [1.807, 2.05) is 30.3 Å². The molecule has 9 nitrogen and oxygen atoms in total. The van der Waals surface area contributed by atoms with Crippen molar-refractivity contribution in [3.8, 4) is 11.5 Å². The fourth-order valence-corrected chi connectivity index (χ4v) is 6.71. The first-order chi connectivity index (χ1) is 19.8. The van der Waals surface area contributed by atoms with Gasteiger partial charge in [-0.25, -0.2) is 8.42 Å². The SMILES string of the molecule is Cc1cc(S(=O)(=O)N2CCCCC2)ccc1OCC(=O)N1C[C@H](C(=O)NCCc2ccccc2)Oc2ccccc21. The lowest BCUT2D eigenvalue weighted by molar-refractivity contribution is -0.128. The van der Waals surface area contributed by atoms with E-state index in [0.29, 0.717) is 48.8 Å². The average Bonchev–Trinajstić information content (AvgIpc) is 3.00. The van der Waals surface area contributed by atoms with Crippen LogP contribution in [0.4, 0.5) is 5.69 Å². The molecule has 2 heterocycles. The average molecular weight is 578 g/mol. The fraction of sp³-hybridized carbons (Fsp3) is 0.355. The second-order valence-corrected chi connectivity index (χ2v) is 12.2. The van der Waals surface area contributed by atoms with Crippen LogP contribution in [0.5, 0.6) is 11.5 Å². The van der Waals surface area contributed by atoms with E-state index in [2.05, 4.69) is 5.32 Å². The number of nitrogens with zero attached hydrogens (tertiary/aromatic N) is 2. The molecule has 2 aliphatic rings. The lowest BCUT2D eigenvalue weighted by atomic mass is 10.1. The maximum atomic E-state index is 13.4. The van der Waals surface area contributed by atoms with Gasteiger partial charge >= 0.3 is 0 Å². The topological polar surface area (TPSA) is 105 Å². The standard InChI is InChI=1S/C31H35N3O6S/c1-23-20-25(41(37,38)33-18-8-3-9-19-33)14-15-27(23)39-22-30(35)34-21-29(40-28-13-7-6-12-26(28)34)31(36)32-17-16-24-10-4-2-5-11-24/h2,4-7,10-15,20,29H,3,8-9,16-19,21-22H2,1H3,(H,32,36)/t29-/m1/s1. The van der Waals surface area contributed by atoms with Crippen molar-refractivity contribution in [2.75, 3.05) is 37.7 Å². The summed E-state index contributed by atoms with van der Waals surface area (Å²) >= 11 is 0. The van der Waals surface area contributed by atoms with Crippen LogP contribution < -0.4 is 19.7 Å². The number of carbonyl (C=O) groups excluding carboxylic acids is 2. The number of ether oxygens (including phenoxy) is 2. The van der Waals surface area contributed by atoms with Gasteiger partial charge in [-0.2, -0.15) is 4.31 Å². The maximum absolute atomic E-state index is 13.4. The number of carbonyl (C=O) groups is 2. The largest absolute Gasteiger partial charge is 0.483 e. The monoisotopic (exact) mass is 577 g/mol. The van der Waals surface area contributed by atoms with Gasteiger partial charge in [-0.1, -0.05) is 48.9 Å². The predicted molar refractivity (Wildman–Crippen MR) is 156 cm³/mol. The molecule has 0 aliphatic carbocycles. The molecular formula is C31H35N3O6S. The molecule has 0 aromatic heterocycles. The third kappa shape index (κ3) is 6.71. The number of anilines is 1. The molecule has 2 aliphatic heterocycles. The smallest absolute Gasteiger partial charge is 0.265 e. The summed E-state index contributed by atoms with van der Waals surface area (Å²) in [6, 6.07) is 21.7. The van der Waals surface area contributed by atoms with E-state index in [1.165, 1.54) is 15.3 Å². The highest BCUT2D eigenvalue weighted by molar-refractivity contribution is 7.89. The van der Waals surface area contributed by atoms with Crippen LogP contribution in [-0.2, 0) is 26.0 Å². The molecule has 3 aromatic rings. The molecule has 0 radical (unpaired) electrons. The summed E-state index contributed by atoms with van der Waals surface area (Å²) in [7, 11) is -3.57. The molecule has 0 unspecified atom stereocenters. The molecule has 1 saturated heterocycles. The summed E-state index contributed by atoms with van der Waals surface area (Å²) in [6.07, 6.45) is 2.58. The van der Waals surface area contributed by atoms with Crippen molar-refractivity contribution >= 4 is 27.5 Å². The Morgan fingerprint density at radius 3 is 2.46 bits per heavy atom. The van der Waals surface area contributed by atoms with Crippen molar-refractivity contribution in [2.24, 2.45) is 0 Å². The van der Waals surface area contributed by atoms with Gasteiger partial charge in [-0.3, -0.25) is 9.59 Å². The number of piperidine rings is 1. The minimum atomic E-state index is -3.57. The Morgan fingerprint density at radius 1 is 0.976 bits per heavy atom. The van der Waals surface area contributed by atoms with Crippen molar-refractivity contribution < 1.29 is 27.5 Å². The van der Waals surface area contributed by atoms with Gasteiger partial charge in [0.2, 0.25) is 10.0 Å². The number of hydrogen-bond donors (Lipinski definition) is 1. The van der Waals surface area contributed by atoms with E-state index in [0.717, 1.165) is 24.8 Å². The molecule has 0 bridgehead atoms. The normalized spacial score (nSPS) is 17.3. The summed E-state index contributed by atoms with van der Waals surface area (Å²) in [6.45, 7) is 3.03. The van der Waals surface area contributed by atoms with Gasteiger partial charge in [0.25, 0.3) is 11.8 Å². The highest BCUT2D eigenvalue weighted by Crippen LogP contribution is 2.33. The van der Waals surface area contributed by atoms with Crippen molar-refractivity contribution in [2.45, 2.75) is 43.6 Å². The molecule has 0 saturated carbocycles. The second kappa shape index (κ2) is 12.7. The number of fused-ring (bicyclic) bond motifs is 1. The van der Waals surface area contributed by atoms with Crippen LogP contribution in [0.1, 0.15) is 30.4 Å². The van der Waals surface area contributed by atoms with E-state index in [-0.39, 0.29) is 29.9 Å². The number of amides is 2. The van der Waals surface area contributed by atoms with Crippen LogP contribution in [-0.4, -0.2) is 63.4 Å². The lowest BCUT2D eigenvalue weighted by Gasteiger charge is -2.34. The van der Waals surface area contributed by atoms with Crippen LogP contribution in [0.3, 0.4) is 0 Å². The number of para-hydroxylation sites is 2. The van der Waals surface area contributed by atoms with E-state index < -0.39 is 16.1 Å². The van der Waals surface area contributed by atoms with Gasteiger partial charge in [-0.05, 0) is 67.6 Å². The highest BCUT2D eigenvalue weighted by atomic mass is 32.2. The molecule has 0 spiro atoms. The first kappa shape index (κ1) is 28.6. The molecule has 216 valence electrons. The molecule has 3 aromatic carbocycles. The Morgan fingerprint density at radius 2 is 1.71 bits per heavy atom. The van der Waals surface area contributed by atoms with Crippen molar-refractivity contribution in [3.63, 3.8) is 0 Å². The van der Waals surface area contributed by atoms with Crippen molar-refractivity contribution in [1.82, 2.24) is 9.62 Å². The van der Waals surface area contributed by atoms with Gasteiger partial charge in [0.1, 0.15) is 11.5 Å². The minimum Gasteiger partial charge on any atom is -0.483 e. The minimum absolute atomic E-state index is 0.0440. The highest BCUT2D eigenvalue weighted by Gasteiger charge is 2.34. The number of hydrogen-bond acceptors (Lipinski definition) is 6. The van der Waals surface area contributed by atoms with Crippen LogP contribution >= 0.6 is 0 Å². The maximum Gasteiger partial charge on any atom is 0.265 e. The molecule has 5 rings (SSSR count). The number of rotatable bonds is 9. The zero-order chi connectivity index (χ0) is 28.8. The summed E-state index contributed by atoms with van der Waals surface area (Å²) in [5.74, 6) is 0.231. The van der Waals surface area contributed by atoms with Gasteiger partial charge in [0.05, 0.1) is 17.1 Å². The summed E-state index contributed by atoms with van der Waals surface area (Å²) < 4.78 is 39.4. The number of sulfonamides is 1. The Kier molecular flexibility index (Phi) is 8.90. The summed E-state index contributed by atoms with van der Waals surface area (Å²) in [4.78, 5) is 28.0. The van der Waals surface area contributed by atoms with E-state index in [4.69, 9.17) is 9.47 Å². The molecule has 41 heavy (non-hydrogen) atoms. The van der Waals surface area contributed by atoms with Crippen molar-refractivity contribution in [3.05, 3.63) is 83.9 Å². The Bertz CT molecular complexity index is 1490.